The van der Waals surface area contributed by atoms with Crippen molar-refractivity contribution in [2.75, 3.05) is 39.8 Å². The van der Waals surface area contributed by atoms with E-state index in [0.717, 1.165) is 19.6 Å². The summed E-state index contributed by atoms with van der Waals surface area (Å²) in [5.41, 5.74) is 0. The molecule has 0 rings (SSSR count). The first kappa shape index (κ1) is 15.8. The first-order chi connectivity index (χ1) is 7.44. The van der Waals surface area contributed by atoms with Crippen LogP contribution in [-0.4, -0.2) is 58.3 Å². The normalized spacial score (nSPS) is 14.3. The molecule has 0 aliphatic rings. The van der Waals surface area contributed by atoms with E-state index in [-0.39, 0.29) is 5.25 Å². The lowest BCUT2D eigenvalue weighted by molar-refractivity contribution is 0.357. The Morgan fingerprint density at radius 2 is 1.94 bits per heavy atom. The Labute approximate surface area is 99.6 Å². The van der Waals surface area contributed by atoms with Crippen LogP contribution in [0, 0.1) is 0 Å². The van der Waals surface area contributed by atoms with E-state index in [1.807, 2.05) is 20.9 Å². The van der Waals surface area contributed by atoms with Crippen molar-refractivity contribution in [3.8, 4) is 0 Å². The number of hydrogen-bond donors (Lipinski definition) is 2. The minimum absolute atomic E-state index is 0.389. The van der Waals surface area contributed by atoms with E-state index < -0.39 is 10.0 Å². The fraction of sp³-hybridized carbons (Fsp3) is 1.00. The van der Waals surface area contributed by atoms with Crippen LogP contribution in [0.1, 0.15) is 20.8 Å². The van der Waals surface area contributed by atoms with Gasteiger partial charge in [-0.25, -0.2) is 13.1 Å². The summed E-state index contributed by atoms with van der Waals surface area (Å²) in [6.45, 7) is 9.15. The smallest absolute Gasteiger partial charge is 0.215 e. The van der Waals surface area contributed by atoms with Crippen LogP contribution in [0.25, 0.3) is 0 Å². The van der Waals surface area contributed by atoms with Crippen LogP contribution in [0.3, 0.4) is 0 Å². The van der Waals surface area contributed by atoms with Gasteiger partial charge in [0.15, 0.2) is 0 Å². The number of sulfonamides is 1. The van der Waals surface area contributed by atoms with E-state index >= 15 is 0 Å². The molecule has 0 bridgehead atoms. The van der Waals surface area contributed by atoms with Gasteiger partial charge in [0.2, 0.25) is 10.0 Å². The molecule has 0 spiro atoms. The van der Waals surface area contributed by atoms with Crippen LogP contribution < -0.4 is 10.0 Å². The van der Waals surface area contributed by atoms with Gasteiger partial charge in [-0.05, 0) is 27.1 Å². The zero-order chi connectivity index (χ0) is 12.6. The molecule has 0 amide bonds. The molecule has 0 fully saturated rings. The highest BCUT2D eigenvalue weighted by Crippen LogP contribution is 1.96. The fourth-order valence-corrected chi connectivity index (χ4v) is 2.13. The second-order valence-corrected chi connectivity index (χ2v) is 6.14. The minimum Gasteiger partial charge on any atom is -0.316 e. The highest BCUT2D eigenvalue weighted by Gasteiger charge is 2.19. The van der Waals surface area contributed by atoms with Gasteiger partial charge in [-0.15, -0.1) is 0 Å². The highest BCUT2D eigenvalue weighted by atomic mass is 32.2. The lowest BCUT2D eigenvalue weighted by Crippen LogP contribution is -2.41. The van der Waals surface area contributed by atoms with E-state index in [9.17, 15) is 8.42 Å². The van der Waals surface area contributed by atoms with E-state index in [4.69, 9.17) is 0 Å². The summed E-state index contributed by atoms with van der Waals surface area (Å²) in [6.07, 6.45) is 0. The van der Waals surface area contributed by atoms with E-state index in [0.29, 0.717) is 13.1 Å². The summed E-state index contributed by atoms with van der Waals surface area (Å²) in [5.74, 6) is 0. The second kappa shape index (κ2) is 8.00. The predicted molar refractivity (Wildman–Crippen MR) is 68.1 cm³/mol. The summed E-state index contributed by atoms with van der Waals surface area (Å²) < 4.78 is 26.1. The van der Waals surface area contributed by atoms with Gasteiger partial charge in [0, 0.05) is 19.6 Å². The summed E-state index contributed by atoms with van der Waals surface area (Å²) in [7, 11) is -1.21. The van der Waals surface area contributed by atoms with Crippen LogP contribution in [0.15, 0.2) is 0 Å². The summed E-state index contributed by atoms with van der Waals surface area (Å²) in [6, 6.07) is 0. The Balaban J connectivity index is 3.95. The van der Waals surface area contributed by atoms with Crippen molar-refractivity contribution in [2.24, 2.45) is 0 Å². The van der Waals surface area contributed by atoms with E-state index in [2.05, 4.69) is 14.9 Å². The molecule has 5 nitrogen and oxygen atoms in total. The molecular weight excluding hydrogens is 226 g/mol. The van der Waals surface area contributed by atoms with Gasteiger partial charge in [0.25, 0.3) is 0 Å². The topological polar surface area (TPSA) is 61.4 Å². The Morgan fingerprint density at radius 1 is 1.31 bits per heavy atom. The number of nitrogens with one attached hydrogen (secondary N) is 2. The van der Waals surface area contributed by atoms with Crippen molar-refractivity contribution >= 4 is 10.0 Å². The van der Waals surface area contributed by atoms with Crippen molar-refractivity contribution in [1.82, 2.24) is 14.9 Å². The number of nitrogens with zero attached hydrogens (tertiary/aromatic N) is 1. The zero-order valence-corrected chi connectivity index (χ0v) is 11.6. The number of rotatable bonds is 9. The monoisotopic (exact) mass is 251 g/mol. The minimum atomic E-state index is -3.18. The third-order valence-corrected chi connectivity index (χ3v) is 4.38. The Kier molecular flexibility index (Phi) is 7.91. The molecule has 0 aromatic heterocycles. The molecule has 2 N–H and O–H groups in total. The Hall–Kier alpha value is -0.170. The van der Waals surface area contributed by atoms with Crippen LogP contribution in [-0.2, 0) is 10.0 Å². The molecule has 0 saturated heterocycles. The molecule has 0 aromatic carbocycles. The summed E-state index contributed by atoms with van der Waals surface area (Å²) in [4.78, 5) is 2.07. The molecule has 0 aliphatic carbocycles. The standard InChI is InChI=1S/C10H25N3O2S/c1-5-11-9-10(3)16(14,15)12-7-8-13(4)6-2/h10-12H,5-9H2,1-4H3. The van der Waals surface area contributed by atoms with Crippen LogP contribution >= 0.6 is 0 Å². The van der Waals surface area contributed by atoms with Gasteiger partial charge in [0.05, 0.1) is 5.25 Å². The van der Waals surface area contributed by atoms with Crippen molar-refractivity contribution in [3.05, 3.63) is 0 Å². The van der Waals surface area contributed by atoms with Crippen LogP contribution in [0.5, 0.6) is 0 Å². The third kappa shape index (κ3) is 6.42. The maximum absolute atomic E-state index is 11.7. The van der Waals surface area contributed by atoms with Gasteiger partial charge in [0.1, 0.15) is 0 Å². The van der Waals surface area contributed by atoms with E-state index in [1.54, 1.807) is 6.92 Å². The Bertz CT molecular complexity index is 267. The van der Waals surface area contributed by atoms with Crippen molar-refractivity contribution in [1.29, 1.82) is 0 Å². The average Bonchev–Trinajstić information content (AvgIpc) is 2.25. The average molecular weight is 251 g/mol. The maximum atomic E-state index is 11.7. The molecule has 0 aliphatic heterocycles. The largest absolute Gasteiger partial charge is 0.316 e. The molecule has 0 heterocycles. The molecule has 1 unspecified atom stereocenters. The van der Waals surface area contributed by atoms with Crippen LogP contribution in [0.4, 0.5) is 0 Å². The second-order valence-electron chi connectivity index (χ2n) is 3.95. The number of likely N-dealkylation sites (N-methyl/N-ethyl adjacent to an activating group) is 1. The third-order valence-electron chi connectivity index (χ3n) is 2.55. The van der Waals surface area contributed by atoms with Crippen molar-refractivity contribution in [3.63, 3.8) is 0 Å². The van der Waals surface area contributed by atoms with Gasteiger partial charge in [-0.2, -0.15) is 0 Å². The molecule has 98 valence electrons. The fourth-order valence-electron chi connectivity index (χ4n) is 1.14. The molecular formula is C10H25N3O2S. The molecule has 0 radical (unpaired) electrons. The van der Waals surface area contributed by atoms with Crippen molar-refractivity contribution < 1.29 is 8.42 Å². The van der Waals surface area contributed by atoms with Crippen LogP contribution in [0.2, 0.25) is 0 Å². The molecule has 0 saturated carbocycles. The SMILES string of the molecule is CCNCC(C)S(=O)(=O)NCCN(C)CC. The zero-order valence-electron chi connectivity index (χ0n) is 10.8. The molecule has 1 atom stereocenters. The molecule has 16 heavy (non-hydrogen) atoms. The van der Waals surface area contributed by atoms with Gasteiger partial charge < -0.3 is 10.2 Å². The maximum Gasteiger partial charge on any atom is 0.215 e. The predicted octanol–water partition coefficient (Wildman–Crippen LogP) is -0.144. The number of hydrogen-bond acceptors (Lipinski definition) is 4. The highest BCUT2D eigenvalue weighted by molar-refractivity contribution is 7.90. The lowest BCUT2D eigenvalue weighted by Gasteiger charge is -2.17. The van der Waals surface area contributed by atoms with Crippen molar-refractivity contribution in [2.45, 2.75) is 26.0 Å². The summed E-state index contributed by atoms with van der Waals surface area (Å²) >= 11 is 0. The van der Waals surface area contributed by atoms with Gasteiger partial charge >= 0.3 is 0 Å². The molecule has 0 aromatic rings. The quantitative estimate of drug-likeness (QED) is 0.598. The molecule has 6 heteroatoms. The first-order valence-electron chi connectivity index (χ1n) is 5.81. The van der Waals surface area contributed by atoms with Gasteiger partial charge in [-0.1, -0.05) is 13.8 Å². The summed E-state index contributed by atoms with van der Waals surface area (Å²) in [5, 5.41) is 2.65. The lowest BCUT2D eigenvalue weighted by atomic mass is 10.5. The van der Waals surface area contributed by atoms with E-state index in [1.165, 1.54) is 0 Å². The Morgan fingerprint density at radius 3 is 2.44 bits per heavy atom. The van der Waals surface area contributed by atoms with Gasteiger partial charge in [-0.3, -0.25) is 0 Å². The first-order valence-corrected chi connectivity index (χ1v) is 7.36.